The highest BCUT2D eigenvalue weighted by Crippen LogP contribution is 2.28. The van der Waals surface area contributed by atoms with Crippen molar-refractivity contribution in [1.82, 2.24) is 10.2 Å². The van der Waals surface area contributed by atoms with E-state index in [2.05, 4.69) is 48.3 Å². The van der Waals surface area contributed by atoms with Crippen molar-refractivity contribution >= 4 is 5.91 Å². The Morgan fingerprint density at radius 3 is 2.50 bits per heavy atom. The second-order valence-electron chi connectivity index (χ2n) is 7.66. The fourth-order valence-electron chi connectivity index (χ4n) is 3.69. The molecule has 1 heterocycles. The monoisotopic (exact) mass is 380 g/mol. The van der Waals surface area contributed by atoms with E-state index < -0.39 is 0 Å². The molecule has 0 aliphatic carbocycles. The van der Waals surface area contributed by atoms with E-state index in [9.17, 15) is 4.79 Å². The van der Waals surface area contributed by atoms with Crippen molar-refractivity contribution in [2.24, 2.45) is 0 Å². The third-order valence-electron chi connectivity index (χ3n) is 5.61. The van der Waals surface area contributed by atoms with Gasteiger partial charge < -0.3 is 10.1 Å². The number of hydrogen-bond acceptors (Lipinski definition) is 3. The molecule has 1 unspecified atom stereocenters. The fourth-order valence-corrected chi connectivity index (χ4v) is 3.69. The second kappa shape index (κ2) is 10.3. The molecule has 0 radical (unpaired) electrons. The van der Waals surface area contributed by atoms with Gasteiger partial charge in [-0.2, -0.15) is 0 Å². The maximum Gasteiger partial charge on any atom is 0.258 e. The molecular weight excluding hydrogens is 348 g/mol. The Kier molecular flexibility index (Phi) is 7.49. The van der Waals surface area contributed by atoms with Gasteiger partial charge in [0.15, 0.2) is 6.61 Å². The highest BCUT2D eigenvalue weighted by atomic mass is 16.5. The number of carbonyl (C=O) groups is 1. The largest absolute Gasteiger partial charge is 0.483 e. The number of likely N-dealkylation sites (tertiary alicyclic amines) is 1. The summed E-state index contributed by atoms with van der Waals surface area (Å²) in [5, 5.41) is 3.01. The number of benzene rings is 2. The highest BCUT2D eigenvalue weighted by Gasteiger charge is 2.14. The quantitative estimate of drug-likeness (QED) is 0.697. The van der Waals surface area contributed by atoms with Crippen molar-refractivity contribution in [1.29, 1.82) is 0 Å². The molecule has 150 valence electrons. The number of nitrogens with one attached hydrogen (secondary N) is 1. The predicted octanol–water partition coefficient (Wildman–Crippen LogP) is 4.49. The smallest absolute Gasteiger partial charge is 0.258 e. The van der Waals surface area contributed by atoms with Crippen LogP contribution in [0.15, 0.2) is 48.5 Å². The topological polar surface area (TPSA) is 41.6 Å². The zero-order valence-corrected chi connectivity index (χ0v) is 17.1. The molecule has 3 rings (SSSR count). The van der Waals surface area contributed by atoms with Crippen LogP contribution in [0.2, 0.25) is 0 Å². The van der Waals surface area contributed by atoms with Gasteiger partial charge in [-0.15, -0.1) is 0 Å². The molecule has 28 heavy (non-hydrogen) atoms. The lowest BCUT2D eigenvalue weighted by atomic mass is 9.98. The average molecular weight is 381 g/mol. The predicted molar refractivity (Wildman–Crippen MR) is 113 cm³/mol. The maximum absolute atomic E-state index is 12.3. The standard InChI is InChI=1S/C24H32N2O2/c1-3-19(2)22-12-6-7-13-23(22)28-18-24(27)25-16-20-10-4-5-11-21(20)17-26-14-8-9-15-26/h4-7,10-13,19H,3,8-9,14-18H2,1-2H3,(H,25,27). The first-order valence-electron chi connectivity index (χ1n) is 10.4. The van der Waals surface area contributed by atoms with Gasteiger partial charge in [0, 0.05) is 13.1 Å². The zero-order valence-electron chi connectivity index (χ0n) is 17.1. The van der Waals surface area contributed by atoms with Gasteiger partial charge in [0.2, 0.25) is 0 Å². The van der Waals surface area contributed by atoms with Crippen LogP contribution in [-0.4, -0.2) is 30.5 Å². The van der Waals surface area contributed by atoms with Gasteiger partial charge in [-0.1, -0.05) is 56.3 Å². The summed E-state index contributed by atoms with van der Waals surface area (Å²) >= 11 is 0. The van der Waals surface area contributed by atoms with Crippen LogP contribution in [0.3, 0.4) is 0 Å². The Labute approximate surface area is 168 Å². The van der Waals surface area contributed by atoms with Crippen molar-refractivity contribution < 1.29 is 9.53 Å². The van der Waals surface area contributed by atoms with Crippen LogP contribution in [-0.2, 0) is 17.9 Å². The molecule has 1 amide bonds. The SMILES string of the molecule is CCC(C)c1ccccc1OCC(=O)NCc1ccccc1CN1CCCC1. The fraction of sp³-hybridized carbons (Fsp3) is 0.458. The van der Waals surface area contributed by atoms with Crippen molar-refractivity contribution in [2.75, 3.05) is 19.7 Å². The lowest BCUT2D eigenvalue weighted by Crippen LogP contribution is -2.29. The minimum absolute atomic E-state index is 0.0434. The van der Waals surface area contributed by atoms with Crippen molar-refractivity contribution in [3.8, 4) is 5.75 Å². The van der Waals surface area contributed by atoms with Crippen LogP contribution in [0.5, 0.6) is 5.75 Å². The summed E-state index contributed by atoms with van der Waals surface area (Å²) < 4.78 is 5.83. The van der Waals surface area contributed by atoms with Crippen molar-refractivity contribution in [2.45, 2.75) is 52.1 Å². The Bertz CT molecular complexity index is 769. The number of carbonyl (C=O) groups excluding carboxylic acids is 1. The Morgan fingerprint density at radius 2 is 1.75 bits per heavy atom. The molecule has 1 saturated heterocycles. The van der Waals surface area contributed by atoms with Crippen LogP contribution in [0.4, 0.5) is 0 Å². The van der Waals surface area contributed by atoms with E-state index in [4.69, 9.17) is 4.74 Å². The van der Waals surface area contributed by atoms with Gasteiger partial charge in [-0.25, -0.2) is 0 Å². The average Bonchev–Trinajstić information content (AvgIpc) is 3.24. The van der Waals surface area contributed by atoms with Crippen LogP contribution in [0, 0.1) is 0 Å². The van der Waals surface area contributed by atoms with Crippen molar-refractivity contribution in [3.63, 3.8) is 0 Å². The third kappa shape index (κ3) is 5.59. The highest BCUT2D eigenvalue weighted by molar-refractivity contribution is 5.77. The molecule has 0 spiro atoms. The maximum atomic E-state index is 12.3. The minimum atomic E-state index is -0.0880. The van der Waals surface area contributed by atoms with Gasteiger partial charge in [0.25, 0.3) is 5.91 Å². The van der Waals surface area contributed by atoms with E-state index in [1.165, 1.54) is 37.1 Å². The van der Waals surface area contributed by atoms with Gasteiger partial charge in [-0.3, -0.25) is 9.69 Å². The summed E-state index contributed by atoms with van der Waals surface area (Å²) in [7, 11) is 0. The molecule has 1 atom stereocenters. The summed E-state index contributed by atoms with van der Waals surface area (Å²) in [5.74, 6) is 1.13. The van der Waals surface area contributed by atoms with E-state index in [1.54, 1.807) is 0 Å². The lowest BCUT2D eigenvalue weighted by Gasteiger charge is -2.18. The van der Waals surface area contributed by atoms with E-state index in [0.29, 0.717) is 12.5 Å². The van der Waals surface area contributed by atoms with Crippen LogP contribution in [0.25, 0.3) is 0 Å². The second-order valence-corrected chi connectivity index (χ2v) is 7.66. The number of para-hydroxylation sites is 1. The van der Waals surface area contributed by atoms with Crippen molar-refractivity contribution in [3.05, 3.63) is 65.2 Å². The molecule has 1 N–H and O–H groups in total. The van der Waals surface area contributed by atoms with E-state index in [1.807, 2.05) is 24.3 Å². The summed E-state index contributed by atoms with van der Waals surface area (Å²) in [6.45, 7) is 8.23. The van der Waals surface area contributed by atoms with E-state index >= 15 is 0 Å². The first kappa shape index (κ1) is 20.4. The number of ether oxygens (including phenoxy) is 1. The molecule has 2 aromatic carbocycles. The molecule has 0 saturated carbocycles. The van der Waals surface area contributed by atoms with E-state index in [-0.39, 0.29) is 12.5 Å². The number of amides is 1. The number of rotatable bonds is 9. The number of hydrogen-bond donors (Lipinski definition) is 1. The molecule has 4 heteroatoms. The van der Waals surface area contributed by atoms with Gasteiger partial charge >= 0.3 is 0 Å². The summed E-state index contributed by atoms with van der Waals surface area (Å²) in [6, 6.07) is 16.4. The minimum Gasteiger partial charge on any atom is -0.483 e. The van der Waals surface area contributed by atoms with Gasteiger partial charge in [0.1, 0.15) is 5.75 Å². The third-order valence-corrected chi connectivity index (χ3v) is 5.61. The Morgan fingerprint density at radius 1 is 1.07 bits per heavy atom. The molecule has 1 aliphatic rings. The summed E-state index contributed by atoms with van der Waals surface area (Å²) in [6.07, 6.45) is 3.61. The number of nitrogens with zero attached hydrogens (tertiary/aromatic N) is 1. The molecule has 2 aromatic rings. The molecule has 4 nitrogen and oxygen atoms in total. The molecular formula is C24H32N2O2. The molecule has 1 fully saturated rings. The first-order valence-corrected chi connectivity index (χ1v) is 10.4. The van der Waals surface area contributed by atoms with Crippen LogP contribution < -0.4 is 10.1 Å². The Balaban J connectivity index is 1.53. The molecule has 0 aromatic heterocycles. The molecule has 0 bridgehead atoms. The normalized spacial score (nSPS) is 15.4. The van der Waals surface area contributed by atoms with Gasteiger partial charge in [-0.05, 0) is 61.0 Å². The summed E-state index contributed by atoms with van der Waals surface area (Å²) in [5.41, 5.74) is 3.64. The zero-order chi connectivity index (χ0) is 19.8. The summed E-state index contributed by atoms with van der Waals surface area (Å²) in [4.78, 5) is 14.8. The first-order chi connectivity index (χ1) is 13.7. The Hall–Kier alpha value is -2.33. The van der Waals surface area contributed by atoms with E-state index in [0.717, 1.165) is 24.3 Å². The van der Waals surface area contributed by atoms with Crippen LogP contribution >= 0.6 is 0 Å². The van der Waals surface area contributed by atoms with Crippen LogP contribution in [0.1, 0.15) is 55.7 Å². The van der Waals surface area contributed by atoms with Gasteiger partial charge in [0.05, 0.1) is 0 Å². The lowest BCUT2D eigenvalue weighted by molar-refractivity contribution is -0.123. The molecule has 1 aliphatic heterocycles.